The number of imidazole rings is 1. The topological polar surface area (TPSA) is 96.8 Å². The number of hydrogen-bond donors (Lipinski definition) is 3. The van der Waals surface area contributed by atoms with E-state index in [9.17, 15) is 4.57 Å². The molecule has 2 aromatic carbocycles. The Labute approximate surface area is 197 Å². The summed E-state index contributed by atoms with van der Waals surface area (Å²) in [7, 11) is -2.54. The van der Waals surface area contributed by atoms with Crippen LogP contribution in [0.4, 0.5) is 29.1 Å². The monoisotopic (exact) mass is 481 g/mol. The third-order valence-corrected chi connectivity index (χ3v) is 7.79. The van der Waals surface area contributed by atoms with E-state index in [1.807, 2.05) is 44.2 Å². The molecule has 0 fully saturated rings. The average Bonchev–Trinajstić information content (AvgIpc) is 3.33. The smallest absolute Gasteiger partial charge is 0.229 e. The average molecular weight is 482 g/mol. The second kappa shape index (κ2) is 8.04. The van der Waals surface area contributed by atoms with Crippen molar-refractivity contribution in [3.05, 3.63) is 52.7 Å². The summed E-state index contributed by atoms with van der Waals surface area (Å²) >= 11 is 6.40. The predicted molar refractivity (Wildman–Crippen MR) is 137 cm³/mol. The predicted octanol–water partition coefficient (Wildman–Crippen LogP) is 5.26. The standard InChI is InChI=1S/C23H25ClN7OP/c1-13-5-7-17(20(14(13)2)33(3,4)32)28-21-16(24)12-26-22(30-21)27-15-6-8-19-18(11-15)29-23-25-9-10-31(19)23/h5-8,11-12H,9-10H2,1-4H3,(H,25,29)(H2,26,27,28,30). The summed E-state index contributed by atoms with van der Waals surface area (Å²) in [4.78, 5) is 13.5. The molecular formula is C23H25ClN7OP. The van der Waals surface area contributed by atoms with E-state index in [1.165, 1.54) is 0 Å². The Morgan fingerprint density at radius 1 is 1.12 bits per heavy atom. The minimum absolute atomic E-state index is 0.374. The molecular weight excluding hydrogens is 457 g/mol. The summed E-state index contributed by atoms with van der Waals surface area (Å²) in [6, 6.07) is 9.91. The minimum atomic E-state index is -2.54. The van der Waals surface area contributed by atoms with Gasteiger partial charge in [0.25, 0.3) is 0 Å². The zero-order chi connectivity index (χ0) is 23.3. The fourth-order valence-corrected chi connectivity index (χ4v) is 6.05. The molecule has 0 saturated carbocycles. The summed E-state index contributed by atoms with van der Waals surface area (Å²) in [6.45, 7) is 9.36. The van der Waals surface area contributed by atoms with Crippen molar-refractivity contribution < 1.29 is 4.57 Å². The molecule has 2 aromatic heterocycles. The molecule has 1 aliphatic heterocycles. The lowest BCUT2D eigenvalue weighted by molar-refractivity contribution is 0.588. The highest BCUT2D eigenvalue weighted by Crippen LogP contribution is 2.41. The fourth-order valence-electron chi connectivity index (χ4n) is 4.22. The van der Waals surface area contributed by atoms with Gasteiger partial charge in [0, 0.05) is 24.1 Å². The number of anilines is 5. The maximum Gasteiger partial charge on any atom is 0.229 e. The normalized spacial score (nSPS) is 13.1. The van der Waals surface area contributed by atoms with Gasteiger partial charge in [-0.25, -0.2) is 9.97 Å². The summed E-state index contributed by atoms with van der Waals surface area (Å²) in [5.74, 6) is 1.73. The molecule has 33 heavy (non-hydrogen) atoms. The van der Waals surface area contributed by atoms with Crippen molar-refractivity contribution in [3.63, 3.8) is 0 Å². The first-order valence-electron chi connectivity index (χ1n) is 10.7. The van der Waals surface area contributed by atoms with Crippen LogP contribution in [-0.2, 0) is 11.1 Å². The van der Waals surface area contributed by atoms with Crippen molar-refractivity contribution in [2.24, 2.45) is 0 Å². The van der Waals surface area contributed by atoms with Crippen molar-refractivity contribution in [1.82, 2.24) is 19.5 Å². The summed E-state index contributed by atoms with van der Waals surface area (Å²) in [5.41, 5.74) is 5.64. The van der Waals surface area contributed by atoms with Crippen molar-refractivity contribution in [2.75, 3.05) is 35.8 Å². The highest BCUT2D eigenvalue weighted by atomic mass is 35.5. The number of halogens is 1. The van der Waals surface area contributed by atoms with E-state index in [2.05, 4.69) is 35.5 Å². The second-order valence-electron chi connectivity index (χ2n) is 8.61. The molecule has 8 nitrogen and oxygen atoms in total. The number of benzene rings is 2. The summed E-state index contributed by atoms with van der Waals surface area (Å²) < 4.78 is 15.2. The molecule has 5 rings (SSSR count). The molecule has 170 valence electrons. The van der Waals surface area contributed by atoms with Crippen molar-refractivity contribution in [2.45, 2.75) is 20.4 Å². The van der Waals surface area contributed by atoms with Gasteiger partial charge in [-0.05, 0) is 62.6 Å². The Morgan fingerprint density at radius 2 is 1.94 bits per heavy atom. The van der Waals surface area contributed by atoms with Gasteiger partial charge in [0.2, 0.25) is 11.9 Å². The Balaban J connectivity index is 1.46. The molecule has 0 unspecified atom stereocenters. The Morgan fingerprint density at radius 3 is 2.73 bits per heavy atom. The van der Waals surface area contributed by atoms with Crippen LogP contribution in [0.1, 0.15) is 11.1 Å². The minimum Gasteiger partial charge on any atom is -0.354 e. The van der Waals surface area contributed by atoms with Crippen LogP contribution in [0.5, 0.6) is 0 Å². The van der Waals surface area contributed by atoms with Crippen LogP contribution in [0, 0.1) is 13.8 Å². The summed E-state index contributed by atoms with van der Waals surface area (Å²) in [5, 5.41) is 11.0. The van der Waals surface area contributed by atoms with Gasteiger partial charge in [-0.3, -0.25) is 0 Å². The van der Waals surface area contributed by atoms with Gasteiger partial charge in [0.15, 0.2) is 5.82 Å². The Bertz CT molecular complexity index is 1440. The number of nitrogens with zero attached hydrogens (tertiary/aromatic N) is 4. The largest absolute Gasteiger partial charge is 0.354 e. The molecule has 0 amide bonds. The maximum absolute atomic E-state index is 13.0. The zero-order valence-electron chi connectivity index (χ0n) is 18.9. The van der Waals surface area contributed by atoms with Gasteiger partial charge in [-0.15, -0.1) is 0 Å². The van der Waals surface area contributed by atoms with Gasteiger partial charge >= 0.3 is 0 Å². The third-order valence-electron chi connectivity index (χ3n) is 5.86. The Kier molecular flexibility index (Phi) is 5.30. The van der Waals surface area contributed by atoms with E-state index in [0.29, 0.717) is 16.8 Å². The van der Waals surface area contributed by atoms with Gasteiger partial charge in [-0.1, -0.05) is 17.7 Å². The fraction of sp³-hybridized carbons (Fsp3) is 0.261. The third kappa shape index (κ3) is 4.05. The first-order valence-corrected chi connectivity index (χ1v) is 13.6. The lowest BCUT2D eigenvalue weighted by atomic mass is 10.1. The highest BCUT2D eigenvalue weighted by molar-refractivity contribution is 7.70. The van der Waals surface area contributed by atoms with Crippen molar-refractivity contribution in [1.29, 1.82) is 0 Å². The number of nitrogens with one attached hydrogen (secondary N) is 3. The van der Waals surface area contributed by atoms with Gasteiger partial charge in [0.05, 0.1) is 22.9 Å². The van der Waals surface area contributed by atoms with Crippen molar-refractivity contribution >= 4 is 64.2 Å². The Hall–Kier alpha value is -3.09. The van der Waals surface area contributed by atoms with E-state index in [1.54, 1.807) is 19.5 Å². The molecule has 0 aliphatic carbocycles. The van der Waals surface area contributed by atoms with Crippen LogP contribution in [0.25, 0.3) is 11.0 Å². The van der Waals surface area contributed by atoms with Crippen molar-refractivity contribution in [3.8, 4) is 0 Å². The quantitative estimate of drug-likeness (QED) is 0.335. The number of aryl methyl sites for hydroxylation is 1. The molecule has 0 spiro atoms. The van der Waals surface area contributed by atoms with Crippen LogP contribution in [0.3, 0.4) is 0 Å². The van der Waals surface area contributed by atoms with E-state index >= 15 is 0 Å². The molecule has 3 N–H and O–H groups in total. The molecule has 1 aliphatic rings. The SMILES string of the molecule is Cc1ccc(Nc2nc(Nc3ccc4c(c3)nc3n4CCN3)ncc2Cl)c(P(C)(C)=O)c1C. The first kappa shape index (κ1) is 21.7. The number of rotatable bonds is 5. The number of hydrogen-bond acceptors (Lipinski definition) is 7. The van der Waals surface area contributed by atoms with Gasteiger partial charge in [0.1, 0.15) is 12.2 Å². The molecule has 4 aromatic rings. The molecule has 10 heteroatoms. The lowest BCUT2D eigenvalue weighted by Gasteiger charge is -2.19. The zero-order valence-corrected chi connectivity index (χ0v) is 20.6. The van der Waals surface area contributed by atoms with Crippen LogP contribution in [-0.4, -0.2) is 39.4 Å². The summed E-state index contributed by atoms with van der Waals surface area (Å²) in [6.07, 6.45) is 1.55. The van der Waals surface area contributed by atoms with Gasteiger partial charge < -0.3 is 25.1 Å². The first-order chi connectivity index (χ1) is 15.7. The van der Waals surface area contributed by atoms with Crippen LogP contribution in [0.2, 0.25) is 5.02 Å². The van der Waals surface area contributed by atoms with E-state index in [-0.39, 0.29) is 0 Å². The molecule has 3 heterocycles. The molecule has 0 atom stereocenters. The van der Waals surface area contributed by atoms with E-state index in [0.717, 1.165) is 57.9 Å². The maximum atomic E-state index is 13.0. The molecule has 0 radical (unpaired) electrons. The highest BCUT2D eigenvalue weighted by Gasteiger charge is 2.21. The number of aromatic nitrogens is 4. The molecule has 0 bridgehead atoms. The van der Waals surface area contributed by atoms with E-state index < -0.39 is 7.14 Å². The van der Waals surface area contributed by atoms with E-state index in [4.69, 9.17) is 11.6 Å². The van der Waals surface area contributed by atoms with Crippen LogP contribution in [0.15, 0.2) is 36.5 Å². The molecule has 0 saturated heterocycles. The van der Waals surface area contributed by atoms with Gasteiger partial charge in [-0.2, -0.15) is 4.98 Å². The number of fused-ring (bicyclic) bond motifs is 3. The van der Waals surface area contributed by atoms with Crippen LogP contribution >= 0.6 is 18.7 Å². The lowest BCUT2D eigenvalue weighted by Crippen LogP contribution is -2.15. The second-order valence-corrected chi connectivity index (χ2v) is 12.2. The van der Waals surface area contributed by atoms with Crippen LogP contribution < -0.4 is 21.3 Å².